The van der Waals surface area contributed by atoms with Gasteiger partial charge in [-0.3, -0.25) is 9.69 Å². The maximum atomic E-state index is 11.2. The van der Waals surface area contributed by atoms with E-state index in [1.165, 1.54) is 32.1 Å². The van der Waals surface area contributed by atoms with Gasteiger partial charge in [-0.15, -0.1) is 0 Å². The van der Waals surface area contributed by atoms with Crippen LogP contribution in [-0.4, -0.2) is 34.6 Å². The molecular weight excluding hydrogens is 238 g/mol. The molecule has 3 nitrogen and oxygen atoms in total. The number of carboxylic acids is 1. The largest absolute Gasteiger partial charge is 0.481 e. The summed E-state index contributed by atoms with van der Waals surface area (Å²) in [4.78, 5) is 13.7. The van der Waals surface area contributed by atoms with Crippen LogP contribution in [0.5, 0.6) is 0 Å². The van der Waals surface area contributed by atoms with Gasteiger partial charge in [-0.2, -0.15) is 0 Å². The molecule has 1 aliphatic heterocycles. The smallest absolute Gasteiger partial charge is 0.308 e. The Kier molecular flexibility index (Phi) is 4.88. The van der Waals surface area contributed by atoms with E-state index in [4.69, 9.17) is 0 Å². The van der Waals surface area contributed by atoms with Gasteiger partial charge in [0.15, 0.2) is 0 Å². The predicted molar refractivity (Wildman–Crippen MR) is 77.1 cm³/mol. The van der Waals surface area contributed by atoms with Gasteiger partial charge in [0, 0.05) is 12.1 Å². The van der Waals surface area contributed by atoms with Crippen molar-refractivity contribution >= 4 is 5.97 Å². The van der Waals surface area contributed by atoms with Gasteiger partial charge in [-0.05, 0) is 51.0 Å². The lowest BCUT2D eigenvalue weighted by Gasteiger charge is -2.31. The second-order valence-corrected chi connectivity index (χ2v) is 6.88. The van der Waals surface area contributed by atoms with E-state index in [0.29, 0.717) is 6.04 Å². The van der Waals surface area contributed by atoms with Crippen molar-refractivity contribution in [3.63, 3.8) is 0 Å². The lowest BCUT2D eigenvalue weighted by Crippen LogP contribution is -2.40. The Balaban J connectivity index is 1.94. The summed E-state index contributed by atoms with van der Waals surface area (Å²) in [5.41, 5.74) is 0. The Morgan fingerprint density at radius 1 is 1.16 bits per heavy atom. The van der Waals surface area contributed by atoms with Gasteiger partial charge in [0.25, 0.3) is 0 Å². The maximum Gasteiger partial charge on any atom is 0.308 e. The van der Waals surface area contributed by atoms with Gasteiger partial charge in [-0.1, -0.05) is 26.7 Å². The van der Waals surface area contributed by atoms with E-state index in [2.05, 4.69) is 25.7 Å². The average Bonchev–Trinajstić information content (AvgIpc) is 2.60. The van der Waals surface area contributed by atoms with Crippen LogP contribution in [-0.2, 0) is 4.79 Å². The van der Waals surface area contributed by atoms with E-state index in [1.807, 2.05) is 0 Å². The van der Waals surface area contributed by atoms with Crippen molar-refractivity contribution in [3.05, 3.63) is 0 Å². The molecular formula is C16H29NO2. The summed E-state index contributed by atoms with van der Waals surface area (Å²) in [5, 5.41) is 9.24. The molecule has 1 aliphatic carbocycles. The number of carboxylic acid groups (broad SMARTS) is 1. The Morgan fingerprint density at radius 3 is 2.47 bits per heavy atom. The summed E-state index contributed by atoms with van der Waals surface area (Å²) in [7, 11) is 0. The highest BCUT2D eigenvalue weighted by Gasteiger charge is 2.39. The summed E-state index contributed by atoms with van der Waals surface area (Å²) < 4.78 is 0. The van der Waals surface area contributed by atoms with Crippen LogP contribution in [0.25, 0.3) is 0 Å². The highest BCUT2D eigenvalue weighted by Crippen LogP contribution is 2.35. The third kappa shape index (κ3) is 3.31. The maximum absolute atomic E-state index is 11.2. The molecule has 0 aromatic heterocycles. The van der Waals surface area contributed by atoms with Crippen LogP contribution >= 0.6 is 0 Å². The zero-order valence-electron chi connectivity index (χ0n) is 12.6. The number of likely N-dealkylation sites (tertiary alicyclic amines) is 1. The van der Waals surface area contributed by atoms with E-state index < -0.39 is 5.97 Å². The van der Waals surface area contributed by atoms with Crippen molar-refractivity contribution in [2.24, 2.45) is 17.8 Å². The molecule has 0 radical (unpaired) electrons. The molecule has 2 fully saturated rings. The van der Waals surface area contributed by atoms with Gasteiger partial charge >= 0.3 is 5.97 Å². The van der Waals surface area contributed by atoms with Crippen molar-refractivity contribution in [2.75, 3.05) is 6.54 Å². The molecule has 2 aliphatic rings. The topological polar surface area (TPSA) is 40.5 Å². The summed E-state index contributed by atoms with van der Waals surface area (Å²) >= 11 is 0. The minimum Gasteiger partial charge on any atom is -0.481 e. The quantitative estimate of drug-likeness (QED) is 0.797. The molecule has 0 bridgehead atoms. The van der Waals surface area contributed by atoms with Gasteiger partial charge in [-0.25, -0.2) is 0 Å². The van der Waals surface area contributed by atoms with Crippen molar-refractivity contribution in [3.8, 4) is 0 Å². The van der Waals surface area contributed by atoms with Crippen LogP contribution in [0.15, 0.2) is 0 Å². The SMILES string of the molecule is CC(C)C1CCCC(N2CCC(C(=O)O)C2C)CC1. The Bertz CT molecular complexity index is 316. The van der Waals surface area contributed by atoms with Gasteiger partial charge in [0.1, 0.15) is 0 Å². The van der Waals surface area contributed by atoms with Crippen molar-refractivity contribution < 1.29 is 9.90 Å². The number of nitrogens with zero attached hydrogens (tertiary/aromatic N) is 1. The highest BCUT2D eigenvalue weighted by molar-refractivity contribution is 5.71. The predicted octanol–water partition coefficient (Wildman–Crippen LogP) is 3.39. The molecule has 0 spiro atoms. The fraction of sp³-hybridized carbons (Fsp3) is 0.938. The fourth-order valence-electron chi connectivity index (χ4n) is 4.12. The highest BCUT2D eigenvalue weighted by atomic mass is 16.4. The normalized spacial score (nSPS) is 37.5. The molecule has 4 unspecified atom stereocenters. The number of hydrogen-bond donors (Lipinski definition) is 1. The molecule has 0 aromatic carbocycles. The van der Waals surface area contributed by atoms with Gasteiger partial charge < -0.3 is 5.11 Å². The number of carbonyl (C=O) groups is 1. The molecule has 2 rings (SSSR count). The molecule has 1 saturated heterocycles. The van der Waals surface area contributed by atoms with Crippen LogP contribution in [0, 0.1) is 17.8 Å². The first kappa shape index (κ1) is 14.8. The molecule has 1 heterocycles. The number of aliphatic carboxylic acids is 1. The van der Waals surface area contributed by atoms with Crippen molar-refractivity contribution in [1.29, 1.82) is 0 Å². The van der Waals surface area contributed by atoms with E-state index in [9.17, 15) is 9.90 Å². The second-order valence-electron chi connectivity index (χ2n) is 6.88. The molecule has 0 amide bonds. The first-order valence-electron chi connectivity index (χ1n) is 7.99. The Morgan fingerprint density at radius 2 is 1.89 bits per heavy atom. The van der Waals surface area contributed by atoms with E-state index >= 15 is 0 Å². The number of hydrogen-bond acceptors (Lipinski definition) is 2. The van der Waals surface area contributed by atoms with Crippen molar-refractivity contribution in [2.45, 2.75) is 71.4 Å². The van der Waals surface area contributed by atoms with Gasteiger partial charge in [0.05, 0.1) is 5.92 Å². The van der Waals surface area contributed by atoms with Crippen molar-refractivity contribution in [1.82, 2.24) is 4.90 Å². The first-order valence-corrected chi connectivity index (χ1v) is 7.99. The summed E-state index contributed by atoms with van der Waals surface area (Å²) in [6.07, 6.45) is 7.36. The molecule has 0 aromatic rings. The third-order valence-corrected chi connectivity index (χ3v) is 5.52. The third-order valence-electron chi connectivity index (χ3n) is 5.52. The van der Waals surface area contributed by atoms with Gasteiger partial charge in [0.2, 0.25) is 0 Å². The second kappa shape index (κ2) is 6.25. The minimum absolute atomic E-state index is 0.149. The standard InChI is InChI=1S/C16H29NO2/c1-11(2)13-5-4-6-14(8-7-13)17-10-9-15(12(17)3)16(18)19/h11-15H,4-10H2,1-3H3,(H,18,19). The van der Waals surface area contributed by atoms with E-state index in [0.717, 1.165) is 24.8 Å². The van der Waals surface area contributed by atoms with Crippen LogP contribution < -0.4 is 0 Å². The summed E-state index contributed by atoms with van der Waals surface area (Å²) in [6, 6.07) is 0.848. The molecule has 3 heteroatoms. The van der Waals surface area contributed by atoms with E-state index in [-0.39, 0.29) is 12.0 Å². The molecule has 110 valence electrons. The molecule has 4 atom stereocenters. The van der Waals surface area contributed by atoms with Crippen LogP contribution in [0.3, 0.4) is 0 Å². The van der Waals surface area contributed by atoms with Crippen LogP contribution in [0.2, 0.25) is 0 Å². The zero-order chi connectivity index (χ0) is 14.0. The monoisotopic (exact) mass is 267 g/mol. The Labute approximate surface area is 117 Å². The number of rotatable bonds is 3. The van der Waals surface area contributed by atoms with Crippen LogP contribution in [0.1, 0.15) is 59.3 Å². The zero-order valence-corrected chi connectivity index (χ0v) is 12.6. The minimum atomic E-state index is -0.608. The van der Waals surface area contributed by atoms with Crippen LogP contribution in [0.4, 0.5) is 0 Å². The lowest BCUT2D eigenvalue weighted by atomic mass is 9.89. The lowest BCUT2D eigenvalue weighted by molar-refractivity contribution is -0.142. The first-order chi connectivity index (χ1) is 9.00. The molecule has 1 N–H and O–H groups in total. The van der Waals surface area contributed by atoms with E-state index in [1.54, 1.807) is 0 Å². The average molecular weight is 267 g/mol. The summed E-state index contributed by atoms with van der Waals surface area (Å²) in [5.74, 6) is 0.910. The Hall–Kier alpha value is -0.570. The molecule has 19 heavy (non-hydrogen) atoms. The molecule has 1 saturated carbocycles. The summed E-state index contributed by atoms with van der Waals surface area (Å²) in [6.45, 7) is 7.76. The fourth-order valence-corrected chi connectivity index (χ4v) is 4.12.